The van der Waals surface area contributed by atoms with Crippen molar-refractivity contribution in [3.8, 4) is 0 Å². The van der Waals surface area contributed by atoms with E-state index < -0.39 is 0 Å². The Morgan fingerprint density at radius 3 is 0.615 bits per heavy atom. The molecule has 0 saturated carbocycles. The van der Waals surface area contributed by atoms with Crippen molar-refractivity contribution >= 4 is 31.4 Å². The van der Waals surface area contributed by atoms with Gasteiger partial charge in [0.25, 0.3) is 0 Å². The van der Waals surface area contributed by atoms with E-state index in [1.165, 1.54) is 217 Å². The van der Waals surface area contributed by atoms with Gasteiger partial charge >= 0.3 is 0 Å². The van der Waals surface area contributed by atoms with Gasteiger partial charge in [-0.3, -0.25) is 0 Å². The first-order chi connectivity index (χ1) is 19.4. The fourth-order valence-electron chi connectivity index (χ4n) is 5.52. The molecule has 0 heterocycles. The lowest BCUT2D eigenvalue weighted by Gasteiger charge is -2.04. The highest BCUT2D eigenvalue weighted by atomic mass is 33.5. The van der Waals surface area contributed by atoms with Gasteiger partial charge in [-0.25, -0.2) is 0 Å². The Labute approximate surface area is 261 Å². The van der Waals surface area contributed by atoms with Gasteiger partial charge in [-0.1, -0.05) is 228 Å². The lowest BCUT2D eigenvalue weighted by atomic mass is 10.0. The summed E-state index contributed by atoms with van der Waals surface area (Å²) in [5, 5.41) is 0. The van der Waals surface area contributed by atoms with Crippen molar-refractivity contribution in [2.24, 2.45) is 0 Å². The summed E-state index contributed by atoms with van der Waals surface area (Å²) in [6.07, 6.45) is 46.9. The molecule has 0 nitrogen and oxygen atoms in total. The zero-order valence-corrected chi connectivity index (χ0v) is 29.7. The fourth-order valence-corrected chi connectivity index (χ4v) is 9.52. The molecule has 0 aromatic rings. The number of hydrogen-bond acceptors (Lipinski definition) is 3. The van der Waals surface area contributed by atoms with Crippen LogP contribution in [0.1, 0.15) is 219 Å². The maximum Gasteiger partial charge on any atom is 0.00451 e. The van der Waals surface area contributed by atoms with Crippen LogP contribution in [0.2, 0.25) is 0 Å². The van der Waals surface area contributed by atoms with Crippen LogP contribution in [0.25, 0.3) is 0 Å². The van der Waals surface area contributed by atoms with Gasteiger partial charge in [0.1, 0.15) is 0 Å². The van der Waals surface area contributed by atoms with Gasteiger partial charge in [-0.15, -0.1) is 0 Å². The van der Waals surface area contributed by atoms with Crippen LogP contribution in [0.5, 0.6) is 0 Å². The molecular formula is C36H74S3. The van der Waals surface area contributed by atoms with E-state index in [9.17, 15) is 0 Å². The van der Waals surface area contributed by atoms with Crippen molar-refractivity contribution in [2.45, 2.75) is 219 Å². The third-order valence-corrected chi connectivity index (χ3v) is 12.7. The van der Waals surface area contributed by atoms with Gasteiger partial charge < -0.3 is 0 Å². The molecule has 0 amide bonds. The molecule has 0 aromatic carbocycles. The second-order valence-electron chi connectivity index (χ2n) is 12.3. The van der Waals surface area contributed by atoms with Crippen LogP contribution < -0.4 is 0 Å². The molecule has 0 atom stereocenters. The van der Waals surface area contributed by atoms with E-state index in [0.29, 0.717) is 0 Å². The maximum atomic E-state index is 2.31. The standard InChI is InChI=1S/C36H74S3/c1-3-5-7-9-11-13-15-17-19-21-23-25-27-29-31-33-35-37-39-38-36-34-32-30-28-26-24-22-20-18-16-14-12-10-8-6-4-2/h3-36H2,1-2H3. The summed E-state index contributed by atoms with van der Waals surface area (Å²) in [6.45, 7) is 4.61. The SMILES string of the molecule is CCCCCCCCCCCCCCCCCCSSSCCCCCCCCCCCCCCCCCC. The van der Waals surface area contributed by atoms with Crippen LogP contribution in [0.4, 0.5) is 0 Å². The van der Waals surface area contributed by atoms with Crippen molar-refractivity contribution < 1.29 is 0 Å². The van der Waals surface area contributed by atoms with Crippen LogP contribution in [-0.4, -0.2) is 11.5 Å². The molecule has 0 aliphatic heterocycles. The third kappa shape index (κ3) is 39.0. The van der Waals surface area contributed by atoms with E-state index in [2.05, 4.69) is 45.3 Å². The molecule has 39 heavy (non-hydrogen) atoms. The van der Waals surface area contributed by atoms with Gasteiger partial charge in [0, 0.05) is 11.5 Å². The zero-order valence-electron chi connectivity index (χ0n) is 27.3. The van der Waals surface area contributed by atoms with Crippen molar-refractivity contribution in [1.29, 1.82) is 0 Å². The first kappa shape index (κ1) is 40.1. The van der Waals surface area contributed by atoms with Crippen molar-refractivity contribution in [3.05, 3.63) is 0 Å². The van der Waals surface area contributed by atoms with Crippen LogP contribution in [0, 0.1) is 0 Å². The van der Waals surface area contributed by atoms with E-state index in [1.807, 2.05) is 0 Å². The molecule has 3 heteroatoms. The highest BCUT2D eigenvalue weighted by molar-refractivity contribution is 9.09. The Morgan fingerprint density at radius 1 is 0.231 bits per heavy atom. The Bertz CT molecular complexity index is 365. The molecular weight excluding hydrogens is 529 g/mol. The van der Waals surface area contributed by atoms with Crippen LogP contribution >= 0.6 is 31.4 Å². The summed E-state index contributed by atoms with van der Waals surface area (Å²) >= 11 is 0. The van der Waals surface area contributed by atoms with Gasteiger partial charge in [0.2, 0.25) is 0 Å². The third-order valence-electron chi connectivity index (χ3n) is 8.26. The molecule has 0 rings (SSSR count). The average molecular weight is 603 g/mol. The molecule has 0 aromatic heterocycles. The smallest absolute Gasteiger partial charge is 0.00451 e. The molecule has 0 N–H and O–H groups in total. The Balaban J connectivity index is 3.01. The van der Waals surface area contributed by atoms with Crippen molar-refractivity contribution in [2.75, 3.05) is 11.5 Å². The highest BCUT2D eigenvalue weighted by Crippen LogP contribution is 2.35. The minimum absolute atomic E-state index is 1.36. The van der Waals surface area contributed by atoms with E-state index in [4.69, 9.17) is 0 Å². The predicted molar refractivity (Wildman–Crippen MR) is 192 cm³/mol. The van der Waals surface area contributed by atoms with Crippen LogP contribution in [0.3, 0.4) is 0 Å². The Kier molecular flexibility index (Phi) is 40.1. The molecule has 0 spiro atoms. The summed E-state index contributed by atoms with van der Waals surface area (Å²) in [4.78, 5) is 0. The molecule has 236 valence electrons. The lowest BCUT2D eigenvalue weighted by Crippen LogP contribution is -1.84. The summed E-state index contributed by atoms with van der Waals surface area (Å²) < 4.78 is 0. The summed E-state index contributed by atoms with van der Waals surface area (Å²) in [5.74, 6) is 2.71. The Morgan fingerprint density at radius 2 is 0.410 bits per heavy atom. The molecule has 0 aliphatic rings. The first-order valence-corrected chi connectivity index (χ1v) is 22.1. The predicted octanol–water partition coefficient (Wildman–Crippen LogP) is 15.5. The first-order valence-electron chi connectivity index (χ1n) is 18.3. The summed E-state index contributed by atoms with van der Waals surface area (Å²) in [5.41, 5.74) is 0. The van der Waals surface area contributed by atoms with Crippen molar-refractivity contribution in [1.82, 2.24) is 0 Å². The van der Waals surface area contributed by atoms with Gasteiger partial charge in [-0.2, -0.15) is 0 Å². The normalized spacial score (nSPS) is 11.5. The van der Waals surface area contributed by atoms with E-state index in [-0.39, 0.29) is 0 Å². The molecule has 0 bridgehead atoms. The largest absolute Gasteiger partial charge is 0.0826 e. The summed E-state index contributed by atoms with van der Waals surface area (Å²) in [6, 6.07) is 0. The Hall–Kier alpha value is 1.05. The molecule has 0 unspecified atom stereocenters. The molecule has 0 fully saturated rings. The molecule has 0 saturated heterocycles. The molecule has 0 radical (unpaired) electrons. The maximum absolute atomic E-state index is 2.31. The highest BCUT2D eigenvalue weighted by Gasteiger charge is 1.98. The zero-order chi connectivity index (χ0) is 28.2. The quantitative estimate of drug-likeness (QED) is 0.0517. The monoisotopic (exact) mass is 602 g/mol. The second kappa shape index (κ2) is 39.0. The number of hydrogen-bond donors (Lipinski definition) is 0. The summed E-state index contributed by atoms with van der Waals surface area (Å²) in [7, 11) is 6.28. The van der Waals surface area contributed by atoms with Gasteiger partial charge in [0.15, 0.2) is 0 Å². The molecule has 0 aliphatic carbocycles. The average Bonchev–Trinajstić information content (AvgIpc) is 2.95. The van der Waals surface area contributed by atoms with Gasteiger partial charge in [0.05, 0.1) is 0 Å². The van der Waals surface area contributed by atoms with Crippen molar-refractivity contribution in [3.63, 3.8) is 0 Å². The van der Waals surface area contributed by atoms with Crippen LogP contribution in [0.15, 0.2) is 0 Å². The minimum Gasteiger partial charge on any atom is -0.0826 e. The lowest BCUT2D eigenvalue weighted by molar-refractivity contribution is 0.532. The van der Waals surface area contributed by atoms with E-state index >= 15 is 0 Å². The van der Waals surface area contributed by atoms with Gasteiger partial charge in [-0.05, 0) is 22.7 Å². The van der Waals surface area contributed by atoms with E-state index in [1.54, 1.807) is 0 Å². The minimum atomic E-state index is 1.36. The number of rotatable bonds is 36. The van der Waals surface area contributed by atoms with E-state index in [0.717, 1.165) is 0 Å². The fraction of sp³-hybridized carbons (Fsp3) is 1.00. The topological polar surface area (TPSA) is 0 Å². The van der Waals surface area contributed by atoms with Crippen LogP contribution in [-0.2, 0) is 0 Å². The second-order valence-corrected chi connectivity index (χ2v) is 16.8. The number of unbranched alkanes of at least 4 members (excludes halogenated alkanes) is 30.